The molecule has 0 aliphatic rings. The van der Waals surface area contributed by atoms with E-state index < -0.39 is 11.6 Å². The Bertz CT molecular complexity index is 1000. The summed E-state index contributed by atoms with van der Waals surface area (Å²) in [5, 5.41) is 0.361. The topological polar surface area (TPSA) is 36.4 Å². The molecule has 7 heteroatoms. The van der Waals surface area contributed by atoms with Crippen LogP contribution in [0.5, 0.6) is 0 Å². The predicted molar refractivity (Wildman–Crippen MR) is 115 cm³/mol. The Labute approximate surface area is 173 Å². The molecule has 0 spiro atoms. The van der Waals surface area contributed by atoms with Crippen LogP contribution in [-0.2, 0) is 4.79 Å². The van der Waals surface area contributed by atoms with Gasteiger partial charge in [-0.2, -0.15) is 0 Å². The van der Waals surface area contributed by atoms with Crippen molar-refractivity contribution in [1.82, 2.24) is 9.88 Å². The third-order valence-corrected chi connectivity index (χ3v) is 5.68. The second-order valence-electron chi connectivity index (χ2n) is 6.49. The van der Waals surface area contributed by atoms with Crippen LogP contribution in [0.1, 0.15) is 19.4 Å². The third-order valence-electron chi connectivity index (χ3n) is 4.65. The van der Waals surface area contributed by atoms with Gasteiger partial charge in [0.15, 0.2) is 10.9 Å². The van der Waals surface area contributed by atoms with E-state index in [1.807, 2.05) is 30.3 Å². The number of thiazole rings is 1. The first-order valence-electron chi connectivity index (χ1n) is 9.54. The van der Waals surface area contributed by atoms with Gasteiger partial charge in [-0.3, -0.25) is 9.69 Å². The second-order valence-corrected chi connectivity index (χ2v) is 7.50. The highest BCUT2D eigenvalue weighted by molar-refractivity contribution is 7.22. The number of hydrogen-bond acceptors (Lipinski definition) is 4. The normalized spacial score (nSPS) is 11.6. The Balaban J connectivity index is 1.91. The zero-order valence-electron chi connectivity index (χ0n) is 16.4. The molecule has 0 saturated carbocycles. The Morgan fingerprint density at radius 3 is 2.52 bits per heavy atom. The monoisotopic (exact) mass is 415 g/mol. The van der Waals surface area contributed by atoms with Crippen LogP contribution in [0.15, 0.2) is 48.5 Å². The lowest BCUT2D eigenvalue weighted by atomic mass is 10.2. The SMILES string of the molecule is CCN(CC)CCN(C(=O)C=Cc1ccccc1)c1nc2c(F)cc(F)cc2s1. The molecule has 0 aliphatic heterocycles. The van der Waals surface area contributed by atoms with E-state index in [2.05, 4.69) is 23.7 Å². The van der Waals surface area contributed by atoms with Gasteiger partial charge in [-0.25, -0.2) is 13.8 Å². The van der Waals surface area contributed by atoms with Crippen molar-refractivity contribution in [2.75, 3.05) is 31.1 Å². The first kappa shape index (κ1) is 21.1. The number of fused-ring (bicyclic) bond motifs is 1. The van der Waals surface area contributed by atoms with Gasteiger partial charge in [0.25, 0.3) is 5.91 Å². The summed E-state index contributed by atoms with van der Waals surface area (Å²) in [5.41, 5.74) is 0.987. The van der Waals surface area contributed by atoms with Crippen molar-refractivity contribution in [1.29, 1.82) is 0 Å². The zero-order valence-corrected chi connectivity index (χ0v) is 17.3. The summed E-state index contributed by atoms with van der Waals surface area (Å²) in [6, 6.07) is 11.6. The van der Waals surface area contributed by atoms with E-state index in [0.29, 0.717) is 22.9 Å². The number of likely N-dealkylation sites (N-methyl/N-ethyl adjacent to an activating group) is 1. The first-order chi connectivity index (χ1) is 14.0. The fourth-order valence-electron chi connectivity index (χ4n) is 2.96. The number of carbonyl (C=O) groups excluding carboxylic acids is 1. The molecule has 0 saturated heterocycles. The molecule has 4 nitrogen and oxygen atoms in total. The van der Waals surface area contributed by atoms with Gasteiger partial charge in [0.05, 0.1) is 4.70 Å². The molecule has 0 radical (unpaired) electrons. The number of carbonyl (C=O) groups is 1. The minimum atomic E-state index is -0.724. The largest absolute Gasteiger partial charge is 0.302 e. The molecule has 29 heavy (non-hydrogen) atoms. The lowest BCUT2D eigenvalue weighted by Gasteiger charge is -2.23. The maximum Gasteiger partial charge on any atom is 0.252 e. The van der Waals surface area contributed by atoms with Gasteiger partial charge in [-0.1, -0.05) is 55.5 Å². The van der Waals surface area contributed by atoms with Crippen LogP contribution < -0.4 is 4.90 Å². The number of nitrogens with zero attached hydrogens (tertiary/aromatic N) is 3. The van der Waals surface area contributed by atoms with Crippen LogP contribution in [0.3, 0.4) is 0 Å². The first-order valence-corrected chi connectivity index (χ1v) is 10.4. The number of amides is 1. The van der Waals surface area contributed by atoms with Gasteiger partial charge in [-0.15, -0.1) is 0 Å². The number of rotatable bonds is 8. The molecule has 1 amide bonds. The molecule has 0 N–H and O–H groups in total. The Hall–Kier alpha value is -2.64. The molecule has 0 atom stereocenters. The molecule has 1 heterocycles. The van der Waals surface area contributed by atoms with Crippen molar-refractivity contribution in [2.24, 2.45) is 0 Å². The van der Waals surface area contributed by atoms with Crippen molar-refractivity contribution in [3.63, 3.8) is 0 Å². The highest BCUT2D eigenvalue weighted by Gasteiger charge is 2.20. The lowest BCUT2D eigenvalue weighted by Crippen LogP contribution is -2.38. The molecule has 152 valence electrons. The summed E-state index contributed by atoms with van der Waals surface area (Å²) < 4.78 is 28.0. The van der Waals surface area contributed by atoms with E-state index in [9.17, 15) is 13.6 Å². The van der Waals surface area contributed by atoms with E-state index in [-0.39, 0.29) is 11.4 Å². The summed E-state index contributed by atoms with van der Waals surface area (Å²) >= 11 is 1.11. The van der Waals surface area contributed by atoms with E-state index >= 15 is 0 Å². The van der Waals surface area contributed by atoms with Crippen molar-refractivity contribution < 1.29 is 13.6 Å². The third kappa shape index (κ3) is 5.25. The molecule has 3 rings (SSSR count). The summed E-state index contributed by atoms with van der Waals surface area (Å²) in [6.45, 7) is 6.89. The molecule has 0 fully saturated rings. The molecule has 0 unspecified atom stereocenters. The fraction of sp³-hybridized carbons (Fsp3) is 0.273. The van der Waals surface area contributed by atoms with E-state index in [4.69, 9.17) is 0 Å². The molecular weight excluding hydrogens is 392 g/mol. The Kier molecular flexibility index (Phi) is 7.06. The lowest BCUT2D eigenvalue weighted by molar-refractivity contribution is -0.114. The highest BCUT2D eigenvalue weighted by atomic mass is 32.1. The maximum atomic E-state index is 14.1. The van der Waals surface area contributed by atoms with Gasteiger partial charge in [-0.05, 0) is 30.8 Å². The zero-order chi connectivity index (χ0) is 20.8. The molecular formula is C22H23F2N3OS. The number of hydrogen-bond donors (Lipinski definition) is 0. The van der Waals surface area contributed by atoms with Crippen LogP contribution in [-0.4, -0.2) is 42.0 Å². The van der Waals surface area contributed by atoms with Gasteiger partial charge in [0.2, 0.25) is 0 Å². The van der Waals surface area contributed by atoms with Gasteiger partial charge in [0.1, 0.15) is 11.3 Å². The number of anilines is 1. The van der Waals surface area contributed by atoms with Crippen molar-refractivity contribution in [3.8, 4) is 0 Å². The summed E-state index contributed by atoms with van der Waals surface area (Å²) in [7, 11) is 0. The molecule has 0 aliphatic carbocycles. The summed E-state index contributed by atoms with van der Waals surface area (Å²) in [5.74, 6) is -1.63. The molecule has 3 aromatic rings. The highest BCUT2D eigenvalue weighted by Crippen LogP contribution is 2.31. The average Bonchev–Trinajstić information content (AvgIpc) is 3.14. The standard InChI is InChI=1S/C22H23F2N3OS/c1-3-26(4-2)12-13-27(20(28)11-10-16-8-6-5-7-9-16)22-25-21-18(24)14-17(23)15-19(21)29-22/h5-11,14-15H,3-4,12-13H2,1-2H3. The minimum absolute atomic E-state index is 0.0825. The molecule has 0 bridgehead atoms. The van der Waals surface area contributed by atoms with Gasteiger partial charge in [0, 0.05) is 25.2 Å². The van der Waals surface area contributed by atoms with Crippen LogP contribution in [0.25, 0.3) is 16.3 Å². The quantitative estimate of drug-likeness (QED) is 0.488. The maximum absolute atomic E-state index is 14.1. The van der Waals surface area contributed by atoms with Crippen LogP contribution >= 0.6 is 11.3 Å². The smallest absolute Gasteiger partial charge is 0.252 e. The van der Waals surface area contributed by atoms with E-state index in [0.717, 1.165) is 36.1 Å². The number of aromatic nitrogens is 1. The number of halogens is 2. The van der Waals surface area contributed by atoms with Crippen LogP contribution in [0.2, 0.25) is 0 Å². The Morgan fingerprint density at radius 2 is 1.83 bits per heavy atom. The van der Waals surface area contributed by atoms with Crippen LogP contribution in [0.4, 0.5) is 13.9 Å². The van der Waals surface area contributed by atoms with Crippen molar-refractivity contribution in [2.45, 2.75) is 13.8 Å². The van der Waals surface area contributed by atoms with Crippen molar-refractivity contribution in [3.05, 3.63) is 65.7 Å². The van der Waals surface area contributed by atoms with E-state index in [1.165, 1.54) is 17.0 Å². The van der Waals surface area contributed by atoms with E-state index in [1.54, 1.807) is 6.08 Å². The second kappa shape index (κ2) is 9.71. The Morgan fingerprint density at radius 1 is 1.10 bits per heavy atom. The summed E-state index contributed by atoms with van der Waals surface area (Å²) in [6.07, 6.45) is 3.22. The molecule has 1 aromatic heterocycles. The van der Waals surface area contributed by atoms with Gasteiger partial charge < -0.3 is 4.90 Å². The van der Waals surface area contributed by atoms with Crippen molar-refractivity contribution >= 4 is 38.7 Å². The van der Waals surface area contributed by atoms with Gasteiger partial charge >= 0.3 is 0 Å². The molecule has 2 aromatic carbocycles. The van der Waals surface area contributed by atoms with Crippen LogP contribution in [0, 0.1) is 11.6 Å². The predicted octanol–water partition coefficient (Wildman–Crippen LogP) is 4.96. The minimum Gasteiger partial charge on any atom is -0.302 e. The summed E-state index contributed by atoms with van der Waals surface area (Å²) in [4.78, 5) is 21.0. The number of benzene rings is 2. The average molecular weight is 416 g/mol. The fourth-order valence-corrected chi connectivity index (χ4v) is 4.00.